The molecular formula is C18H14ClN3O2. The number of amides is 1. The Morgan fingerprint density at radius 2 is 1.88 bits per heavy atom. The minimum atomic E-state index is -0.281. The van der Waals surface area contributed by atoms with Gasteiger partial charge < -0.3 is 10.3 Å². The molecule has 5 nitrogen and oxygen atoms in total. The van der Waals surface area contributed by atoms with Crippen molar-refractivity contribution in [3.63, 3.8) is 0 Å². The molecule has 0 bridgehead atoms. The summed E-state index contributed by atoms with van der Waals surface area (Å²) >= 11 is 5.90. The van der Waals surface area contributed by atoms with Crippen LogP contribution in [0.25, 0.3) is 0 Å². The van der Waals surface area contributed by atoms with Gasteiger partial charge in [-0.1, -0.05) is 23.7 Å². The van der Waals surface area contributed by atoms with Crippen LogP contribution in [0.1, 0.15) is 32.0 Å². The SMILES string of the molecule is O=C(c1cccc(Cl)c1)c1c[nH]c(C(=O)NCc2ccncc2)c1. The Balaban J connectivity index is 1.68. The van der Waals surface area contributed by atoms with Crippen molar-refractivity contribution in [1.82, 2.24) is 15.3 Å². The van der Waals surface area contributed by atoms with Gasteiger partial charge in [0, 0.05) is 41.3 Å². The molecule has 0 fully saturated rings. The Bertz CT molecular complexity index is 875. The highest BCUT2D eigenvalue weighted by atomic mass is 35.5. The number of aromatic nitrogens is 2. The number of pyridine rings is 1. The van der Waals surface area contributed by atoms with Crippen LogP contribution >= 0.6 is 11.6 Å². The van der Waals surface area contributed by atoms with Gasteiger partial charge in [-0.25, -0.2) is 0 Å². The molecule has 0 atom stereocenters. The van der Waals surface area contributed by atoms with Crippen molar-refractivity contribution in [3.8, 4) is 0 Å². The monoisotopic (exact) mass is 339 g/mol. The summed E-state index contributed by atoms with van der Waals surface area (Å²) in [5.74, 6) is -0.473. The van der Waals surface area contributed by atoms with E-state index in [9.17, 15) is 9.59 Å². The molecule has 24 heavy (non-hydrogen) atoms. The lowest BCUT2D eigenvalue weighted by Gasteiger charge is -2.03. The zero-order valence-electron chi connectivity index (χ0n) is 12.6. The predicted molar refractivity (Wildman–Crippen MR) is 91.1 cm³/mol. The molecule has 2 N–H and O–H groups in total. The average Bonchev–Trinajstić information content (AvgIpc) is 3.10. The van der Waals surface area contributed by atoms with Crippen LogP contribution in [0.15, 0.2) is 61.1 Å². The number of aromatic amines is 1. The first-order valence-corrected chi connectivity index (χ1v) is 7.67. The van der Waals surface area contributed by atoms with Gasteiger partial charge in [0.15, 0.2) is 5.78 Å². The van der Waals surface area contributed by atoms with Gasteiger partial charge in [0.1, 0.15) is 5.69 Å². The van der Waals surface area contributed by atoms with Crippen molar-refractivity contribution in [2.75, 3.05) is 0 Å². The lowest BCUT2D eigenvalue weighted by molar-refractivity contribution is 0.0946. The fraction of sp³-hybridized carbons (Fsp3) is 0.0556. The number of halogens is 1. The Morgan fingerprint density at radius 1 is 1.08 bits per heavy atom. The number of nitrogens with zero attached hydrogens (tertiary/aromatic N) is 1. The number of rotatable bonds is 5. The van der Waals surface area contributed by atoms with Gasteiger partial charge in [0.2, 0.25) is 0 Å². The first-order valence-electron chi connectivity index (χ1n) is 7.29. The molecule has 3 rings (SSSR count). The van der Waals surface area contributed by atoms with Crippen LogP contribution in [-0.2, 0) is 6.54 Å². The molecular weight excluding hydrogens is 326 g/mol. The van der Waals surface area contributed by atoms with Crippen LogP contribution in [0.2, 0.25) is 5.02 Å². The third-order valence-electron chi connectivity index (χ3n) is 3.48. The van der Waals surface area contributed by atoms with E-state index in [1.165, 1.54) is 12.3 Å². The molecule has 0 saturated heterocycles. The van der Waals surface area contributed by atoms with Gasteiger partial charge >= 0.3 is 0 Å². The number of hydrogen-bond acceptors (Lipinski definition) is 3. The number of carbonyl (C=O) groups is 2. The third kappa shape index (κ3) is 3.70. The Labute approximate surface area is 143 Å². The minimum Gasteiger partial charge on any atom is -0.356 e. The molecule has 1 aromatic carbocycles. The fourth-order valence-corrected chi connectivity index (χ4v) is 2.42. The number of ketones is 1. The van der Waals surface area contributed by atoms with E-state index in [1.807, 2.05) is 12.1 Å². The van der Waals surface area contributed by atoms with E-state index < -0.39 is 0 Å². The molecule has 0 saturated carbocycles. The number of carbonyl (C=O) groups excluding carboxylic acids is 2. The average molecular weight is 340 g/mol. The van der Waals surface area contributed by atoms with Crippen molar-refractivity contribution < 1.29 is 9.59 Å². The van der Waals surface area contributed by atoms with E-state index in [-0.39, 0.29) is 11.7 Å². The van der Waals surface area contributed by atoms with Crippen molar-refractivity contribution in [1.29, 1.82) is 0 Å². The normalized spacial score (nSPS) is 10.4. The van der Waals surface area contributed by atoms with E-state index in [2.05, 4.69) is 15.3 Å². The van der Waals surface area contributed by atoms with Crippen LogP contribution in [0, 0.1) is 0 Å². The van der Waals surface area contributed by atoms with Gasteiger partial charge in [0.05, 0.1) is 0 Å². The van der Waals surface area contributed by atoms with Crippen molar-refractivity contribution in [2.24, 2.45) is 0 Å². The molecule has 0 spiro atoms. The highest BCUT2D eigenvalue weighted by molar-refractivity contribution is 6.31. The van der Waals surface area contributed by atoms with Gasteiger partial charge in [-0.15, -0.1) is 0 Å². The van der Waals surface area contributed by atoms with Crippen LogP contribution < -0.4 is 5.32 Å². The second kappa shape index (κ2) is 7.10. The summed E-state index contributed by atoms with van der Waals surface area (Å²) in [6, 6.07) is 11.9. The van der Waals surface area contributed by atoms with Crippen molar-refractivity contribution in [2.45, 2.75) is 6.54 Å². The molecule has 2 heterocycles. The summed E-state index contributed by atoms with van der Waals surface area (Å²) in [4.78, 5) is 31.3. The summed E-state index contributed by atoms with van der Waals surface area (Å²) in [5.41, 5.74) is 2.16. The second-order valence-electron chi connectivity index (χ2n) is 5.18. The molecule has 0 aliphatic heterocycles. The standard InChI is InChI=1S/C18H14ClN3O2/c19-15-3-1-2-13(8-15)17(23)14-9-16(21-11-14)18(24)22-10-12-4-6-20-7-5-12/h1-9,11,21H,10H2,(H,22,24). The zero-order valence-corrected chi connectivity index (χ0v) is 13.4. The number of benzene rings is 1. The molecule has 2 aromatic heterocycles. The van der Waals surface area contributed by atoms with Crippen LogP contribution in [0.5, 0.6) is 0 Å². The lowest BCUT2D eigenvalue weighted by atomic mass is 10.1. The minimum absolute atomic E-state index is 0.193. The molecule has 0 aliphatic rings. The molecule has 120 valence electrons. The first kappa shape index (κ1) is 16.0. The van der Waals surface area contributed by atoms with E-state index >= 15 is 0 Å². The van der Waals surface area contributed by atoms with Crippen LogP contribution in [-0.4, -0.2) is 21.7 Å². The molecule has 6 heteroatoms. The first-order chi connectivity index (χ1) is 11.6. The number of H-pyrrole nitrogens is 1. The lowest BCUT2D eigenvalue weighted by Crippen LogP contribution is -2.23. The van der Waals surface area contributed by atoms with Gasteiger partial charge in [0.25, 0.3) is 5.91 Å². The van der Waals surface area contributed by atoms with Crippen molar-refractivity contribution in [3.05, 3.63) is 88.5 Å². The van der Waals surface area contributed by atoms with Crippen LogP contribution in [0.4, 0.5) is 0 Å². The smallest absolute Gasteiger partial charge is 0.267 e. The van der Waals surface area contributed by atoms with E-state index in [1.54, 1.807) is 36.7 Å². The number of nitrogens with one attached hydrogen (secondary N) is 2. The Morgan fingerprint density at radius 3 is 2.62 bits per heavy atom. The molecule has 3 aromatic rings. The molecule has 0 radical (unpaired) electrons. The number of hydrogen-bond donors (Lipinski definition) is 2. The highest BCUT2D eigenvalue weighted by Crippen LogP contribution is 2.15. The van der Waals surface area contributed by atoms with Crippen LogP contribution in [0.3, 0.4) is 0 Å². The largest absolute Gasteiger partial charge is 0.356 e. The van der Waals surface area contributed by atoms with Gasteiger partial charge in [-0.2, -0.15) is 0 Å². The zero-order chi connectivity index (χ0) is 16.9. The van der Waals surface area contributed by atoms with Gasteiger partial charge in [-0.3, -0.25) is 14.6 Å². The summed E-state index contributed by atoms with van der Waals surface area (Å²) in [5, 5.41) is 3.28. The molecule has 1 amide bonds. The maximum absolute atomic E-state index is 12.4. The summed E-state index contributed by atoms with van der Waals surface area (Å²) in [6.07, 6.45) is 4.85. The highest BCUT2D eigenvalue weighted by Gasteiger charge is 2.14. The topological polar surface area (TPSA) is 74.8 Å². The fourth-order valence-electron chi connectivity index (χ4n) is 2.23. The molecule has 0 unspecified atom stereocenters. The van der Waals surface area contributed by atoms with Crippen molar-refractivity contribution >= 4 is 23.3 Å². The van der Waals surface area contributed by atoms with E-state index in [0.29, 0.717) is 28.4 Å². The Hall–Kier alpha value is -2.92. The van der Waals surface area contributed by atoms with Gasteiger partial charge in [-0.05, 0) is 35.9 Å². The maximum Gasteiger partial charge on any atom is 0.267 e. The quantitative estimate of drug-likeness (QED) is 0.701. The maximum atomic E-state index is 12.4. The van der Waals surface area contributed by atoms with E-state index in [0.717, 1.165) is 5.56 Å². The Kier molecular flexibility index (Phi) is 4.72. The summed E-state index contributed by atoms with van der Waals surface area (Å²) in [7, 11) is 0. The summed E-state index contributed by atoms with van der Waals surface area (Å²) < 4.78 is 0. The third-order valence-corrected chi connectivity index (χ3v) is 3.71. The van der Waals surface area contributed by atoms with E-state index in [4.69, 9.17) is 11.6 Å². The predicted octanol–water partition coefficient (Wildman–Crippen LogP) is 3.22. The summed E-state index contributed by atoms with van der Waals surface area (Å²) in [6.45, 7) is 0.387. The molecule has 0 aliphatic carbocycles. The second-order valence-corrected chi connectivity index (χ2v) is 5.62.